The fourth-order valence-electron chi connectivity index (χ4n) is 2.25. The topological polar surface area (TPSA) is 101 Å². The van der Waals surface area contributed by atoms with E-state index in [1.165, 1.54) is 0 Å². The van der Waals surface area contributed by atoms with Gasteiger partial charge in [0.1, 0.15) is 0 Å². The molecular weight excluding hydrogens is 294 g/mol. The molecule has 1 amide bonds. The van der Waals surface area contributed by atoms with Crippen LogP contribution >= 0.6 is 0 Å². The van der Waals surface area contributed by atoms with Gasteiger partial charge in [0.25, 0.3) is 0 Å². The van der Waals surface area contributed by atoms with E-state index in [4.69, 9.17) is 5.11 Å². The number of hydrogen-bond donors (Lipinski definition) is 2. The van der Waals surface area contributed by atoms with E-state index in [9.17, 15) is 18.0 Å². The third-order valence-electron chi connectivity index (χ3n) is 3.45. The number of carbonyl (C=O) groups is 2. The molecule has 2 N–H and O–H groups in total. The monoisotopic (exact) mass is 311 g/mol. The lowest BCUT2D eigenvalue weighted by Gasteiger charge is -2.10. The van der Waals surface area contributed by atoms with Crippen LogP contribution in [0.5, 0.6) is 0 Å². The van der Waals surface area contributed by atoms with Crippen molar-refractivity contribution in [2.75, 3.05) is 16.8 Å². The highest BCUT2D eigenvalue weighted by Gasteiger charge is 2.32. The van der Waals surface area contributed by atoms with Gasteiger partial charge in [0.15, 0.2) is 9.84 Å². The minimum atomic E-state index is -3.07. The van der Waals surface area contributed by atoms with E-state index >= 15 is 0 Å². The van der Waals surface area contributed by atoms with Crippen molar-refractivity contribution in [1.82, 2.24) is 0 Å². The first-order valence-electron chi connectivity index (χ1n) is 6.68. The maximum atomic E-state index is 11.9. The van der Waals surface area contributed by atoms with Crippen LogP contribution in [0.15, 0.2) is 24.3 Å². The number of carbonyl (C=O) groups excluding carboxylic acids is 1. The first-order valence-corrected chi connectivity index (χ1v) is 8.50. The first-order chi connectivity index (χ1) is 9.85. The maximum Gasteiger partial charge on any atom is 0.303 e. The van der Waals surface area contributed by atoms with E-state index in [1.807, 2.05) is 0 Å². The Morgan fingerprint density at radius 3 is 2.43 bits per heavy atom. The molecule has 0 saturated carbocycles. The van der Waals surface area contributed by atoms with Crippen molar-refractivity contribution in [2.24, 2.45) is 5.92 Å². The average molecular weight is 311 g/mol. The van der Waals surface area contributed by atoms with E-state index in [0.29, 0.717) is 18.5 Å². The van der Waals surface area contributed by atoms with E-state index < -0.39 is 21.7 Å². The highest BCUT2D eigenvalue weighted by Crippen LogP contribution is 2.20. The largest absolute Gasteiger partial charge is 0.481 e. The molecule has 0 bridgehead atoms. The Morgan fingerprint density at radius 2 is 1.90 bits per heavy atom. The van der Waals surface area contributed by atoms with Crippen LogP contribution in [0.1, 0.15) is 18.4 Å². The molecule has 0 spiro atoms. The molecule has 1 aliphatic heterocycles. The Kier molecular flexibility index (Phi) is 4.62. The summed E-state index contributed by atoms with van der Waals surface area (Å²) in [4.78, 5) is 22.4. The third kappa shape index (κ3) is 4.56. The lowest BCUT2D eigenvalue weighted by Crippen LogP contribution is -2.23. The number of hydrogen-bond acceptors (Lipinski definition) is 4. The molecule has 114 valence electrons. The van der Waals surface area contributed by atoms with E-state index in [2.05, 4.69) is 5.32 Å². The molecule has 0 radical (unpaired) electrons. The van der Waals surface area contributed by atoms with Crippen molar-refractivity contribution in [1.29, 1.82) is 0 Å². The summed E-state index contributed by atoms with van der Waals surface area (Å²) >= 11 is 0. The van der Waals surface area contributed by atoms with E-state index in [-0.39, 0.29) is 23.8 Å². The summed E-state index contributed by atoms with van der Waals surface area (Å²) in [7, 11) is -3.07. The summed E-state index contributed by atoms with van der Waals surface area (Å²) in [6.07, 6.45) is 0.862. The molecule has 7 heteroatoms. The second-order valence-electron chi connectivity index (χ2n) is 5.18. The third-order valence-corrected chi connectivity index (χ3v) is 5.22. The summed E-state index contributed by atoms with van der Waals surface area (Å²) in [6, 6.07) is 6.89. The number of aryl methyl sites for hydroxylation is 1. The molecule has 1 unspecified atom stereocenters. The molecule has 1 fully saturated rings. The molecule has 1 aromatic rings. The molecule has 0 aliphatic carbocycles. The van der Waals surface area contributed by atoms with Crippen molar-refractivity contribution >= 4 is 27.4 Å². The predicted molar refractivity (Wildman–Crippen MR) is 77.8 cm³/mol. The number of sulfone groups is 1. The molecule has 1 heterocycles. The zero-order chi connectivity index (χ0) is 15.5. The molecule has 1 atom stereocenters. The number of carboxylic acids is 1. The van der Waals surface area contributed by atoms with Gasteiger partial charge in [-0.1, -0.05) is 12.1 Å². The van der Waals surface area contributed by atoms with Crippen LogP contribution in [0.4, 0.5) is 5.69 Å². The fourth-order valence-corrected chi connectivity index (χ4v) is 3.99. The Hall–Kier alpha value is -1.89. The number of anilines is 1. The van der Waals surface area contributed by atoms with Crippen LogP contribution in [0.25, 0.3) is 0 Å². The molecule has 1 aliphatic rings. The van der Waals surface area contributed by atoms with Crippen LogP contribution in [-0.2, 0) is 25.8 Å². The minimum absolute atomic E-state index is 0.0612. The van der Waals surface area contributed by atoms with Gasteiger partial charge >= 0.3 is 5.97 Å². The molecule has 6 nitrogen and oxygen atoms in total. The quantitative estimate of drug-likeness (QED) is 0.847. The van der Waals surface area contributed by atoms with Gasteiger partial charge < -0.3 is 10.4 Å². The number of amides is 1. The van der Waals surface area contributed by atoms with Crippen LogP contribution in [-0.4, -0.2) is 36.9 Å². The van der Waals surface area contributed by atoms with Crippen molar-refractivity contribution in [2.45, 2.75) is 19.3 Å². The second kappa shape index (κ2) is 6.26. The van der Waals surface area contributed by atoms with Gasteiger partial charge in [-0.15, -0.1) is 0 Å². The molecular formula is C14H17NO5S. The van der Waals surface area contributed by atoms with E-state index in [1.54, 1.807) is 24.3 Å². The second-order valence-corrected chi connectivity index (χ2v) is 7.41. The maximum absolute atomic E-state index is 11.9. The smallest absolute Gasteiger partial charge is 0.303 e. The van der Waals surface area contributed by atoms with Crippen LogP contribution in [0.3, 0.4) is 0 Å². The van der Waals surface area contributed by atoms with Gasteiger partial charge in [0, 0.05) is 12.1 Å². The zero-order valence-corrected chi connectivity index (χ0v) is 12.2. The highest BCUT2D eigenvalue weighted by molar-refractivity contribution is 7.91. The lowest BCUT2D eigenvalue weighted by molar-refractivity contribution is -0.137. The van der Waals surface area contributed by atoms with Crippen LogP contribution in [0, 0.1) is 5.92 Å². The summed E-state index contributed by atoms with van der Waals surface area (Å²) in [5, 5.41) is 11.3. The normalized spacial score (nSPS) is 20.1. The van der Waals surface area contributed by atoms with Gasteiger partial charge in [-0.2, -0.15) is 0 Å². The van der Waals surface area contributed by atoms with Gasteiger partial charge in [-0.3, -0.25) is 9.59 Å². The molecule has 2 rings (SSSR count). The standard InChI is InChI=1S/C14H17NO5S/c16-13(17)6-3-10-1-4-12(5-2-10)15-14(18)11-7-8-21(19,20)9-11/h1-2,4-5,11H,3,6-9H2,(H,15,18)(H,16,17). The van der Waals surface area contributed by atoms with Crippen molar-refractivity contribution < 1.29 is 23.1 Å². The Labute approximate surface area is 123 Å². The number of benzene rings is 1. The number of rotatable bonds is 5. The molecule has 0 aromatic heterocycles. The summed E-state index contributed by atoms with van der Waals surface area (Å²) in [6.45, 7) is 0. The summed E-state index contributed by atoms with van der Waals surface area (Å²) < 4.78 is 22.7. The summed E-state index contributed by atoms with van der Waals surface area (Å²) in [5.41, 5.74) is 1.46. The summed E-state index contributed by atoms with van der Waals surface area (Å²) in [5.74, 6) is -1.64. The van der Waals surface area contributed by atoms with Crippen molar-refractivity contribution in [3.05, 3.63) is 29.8 Å². The number of aliphatic carboxylic acids is 1. The van der Waals surface area contributed by atoms with Crippen molar-refractivity contribution in [3.63, 3.8) is 0 Å². The van der Waals surface area contributed by atoms with Gasteiger partial charge in [-0.05, 0) is 30.5 Å². The van der Waals surface area contributed by atoms with Gasteiger partial charge in [-0.25, -0.2) is 8.42 Å². The first kappa shape index (κ1) is 15.5. The fraction of sp³-hybridized carbons (Fsp3) is 0.429. The van der Waals surface area contributed by atoms with Crippen LogP contribution in [0.2, 0.25) is 0 Å². The Morgan fingerprint density at radius 1 is 1.24 bits per heavy atom. The average Bonchev–Trinajstić information content (AvgIpc) is 2.78. The van der Waals surface area contributed by atoms with E-state index in [0.717, 1.165) is 5.56 Å². The SMILES string of the molecule is O=C(O)CCc1ccc(NC(=O)C2CCS(=O)(=O)C2)cc1. The molecule has 21 heavy (non-hydrogen) atoms. The van der Waals surface area contributed by atoms with Gasteiger partial charge in [0.2, 0.25) is 5.91 Å². The zero-order valence-electron chi connectivity index (χ0n) is 11.4. The number of carboxylic acid groups (broad SMARTS) is 1. The molecule has 1 aromatic carbocycles. The lowest BCUT2D eigenvalue weighted by atomic mass is 10.1. The predicted octanol–water partition coefficient (Wildman–Crippen LogP) is 1.08. The van der Waals surface area contributed by atoms with Crippen molar-refractivity contribution in [3.8, 4) is 0 Å². The Bertz CT molecular complexity index is 636. The molecule has 1 saturated heterocycles. The Balaban J connectivity index is 1.91. The van der Waals surface area contributed by atoms with Crippen LogP contribution < -0.4 is 5.32 Å². The highest BCUT2D eigenvalue weighted by atomic mass is 32.2. The number of nitrogens with one attached hydrogen (secondary N) is 1. The van der Waals surface area contributed by atoms with Gasteiger partial charge in [0.05, 0.1) is 17.4 Å². The minimum Gasteiger partial charge on any atom is -0.481 e.